The summed E-state index contributed by atoms with van der Waals surface area (Å²) in [5.41, 5.74) is 8.43. The van der Waals surface area contributed by atoms with Crippen molar-refractivity contribution in [2.24, 2.45) is 0 Å². The number of anilines is 1. The second-order valence-electron chi connectivity index (χ2n) is 4.69. The van der Waals surface area contributed by atoms with Crippen LogP contribution in [-0.4, -0.2) is 12.1 Å². The van der Waals surface area contributed by atoms with E-state index in [0.717, 1.165) is 28.0 Å². The molecule has 1 heterocycles. The molecule has 0 aliphatic carbocycles. The molecule has 0 saturated carbocycles. The summed E-state index contributed by atoms with van der Waals surface area (Å²) in [7, 11) is 1.65. The third-order valence-corrected chi connectivity index (χ3v) is 3.31. The van der Waals surface area contributed by atoms with Crippen LogP contribution in [0.4, 0.5) is 5.69 Å². The Balaban J connectivity index is 1.83. The van der Waals surface area contributed by atoms with Crippen molar-refractivity contribution in [1.82, 2.24) is 4.98 Å². The van der Waals surface area contributed by atoms with E-state index in [2.05, 4.69) is 4.98 Å². The number of methoxy groups -OCH3 is 1. The van der Waals surface area contributed by atoms with Crippen LogP contribution in [0.5, 0.6) is 11.5 Å². The van der Waals surface area contributed by atoms with Crippen molar-refractivity contribution in [2.45, 2.75) is 6.61 Å². The van der Waals surface area contributed by atoms with Gasteiger partial charge in [0.1, 0.15) is 18.1 Å². The molecule has 2 aromatic carbocycles. The number of nitrogens with two attached hydrogens (primary N) is 1. The van der Waals surface area contributed by atoms with E-state index in [0.29, 0.717) is 12.3 Å². The molecule has 0 aliphatic heterocycles. The monoisotopic (exact) mass is 280 g/mol. The SMILES string of the molecule is COc1ccc(COc2ccc(N)c3ncccc23)cc1. The first-order valence-electron chi connectivity index (χ1n) is 6.67. The second-order valence-corrected chi connectivity index (χ2v) is 4.69. The smallest absolute Gasteiger partial charge is 0.129 e. The van der Waals surface area contributed by atoms with Gasteiger partial charge in [-0.25, -0.2) is 0 Å². The number of nitrogen functional groups attached to an aromatic ring is 1. The van der Waals surface area contributed by atoms with Crippen LogP contribution in [0.25, 0.3) is 10.9 Å². The van der Waals surface area contributed by atoms with E-state index in [9.17, 15) is 0 Å². The highest BCUT2D eigenvalue weighted by Gasteiger charge is 2.06. The summed E-state index contributed by atoms with van der Waals surface area (Å²) >= 11 is 0. The Bertz CT molecular complexity index is 754. The fraction of sp³-hybridized carbons (Fsp3) is 0.118. The lowest BCUT2D eigenvalue weighted by molar-refractivity contribution is 0.310. The van der Waals surface area contributed by atoms with Gasteiger partial charge in [0.05, 0.1) is 18.3 Å². The van der Waals surface area contributed by atoms with Crippen molar-refractivity contribution in [1.29, 1.82) is 0 Å². The van der Waals surface area contributed by atoms with Gasteiger partial charge >= 0.3 is 0 Å². The molecule has 106 valence electrons. The zero-order chi connectivity index (χ0) is 14.7. The summed E-state index contributed by atoms with van der Waals surface area (Å²) < 4.78 is 11.0. The minimum Gasteiger partial charge on any atom is -0.497 e. The number of benzene rings is 2. The van der Waals surface area contributed by atoms with Crippen molar-refractivity contribution in [3.63, 3.8) is 0 Å². The van der Waals surface area contributed by atoms with E-state index in [1.165, 1.54) is 0 Å². The summed E-state index contributed by atoms with van der Waals surface area (Å²) in [6, 6.07) is 15.3. The molecule has 0 bridgehead atoms. The lowest BCUT2D eigenvalue weighted by atomic mass is 10.1. The maximum atomic E-state index is 5.93. The van der Waals surface area contributed by atoms with Crippen molar-refractivity contribution in [3.8, 4) is 11.5 Å². The maximum absolute atomic E-state index is 5.93. The van der Waals surface area contributed by atoms with Crippen molar-refractivity contribution in [2.75, 3.05) is 12.8 Å². The first-order chi connectivity index (χ1) is 10.3. The van der Waals surface area contributed by atoms with E-state index in [4.69, 9.17) is 15.2 Å². The Morgan fingerprint density at radius 3 is 2.62 bits per heavy atom. The van der Waals surface area contributed by atoms with Crippen molar-refractivity contribution < 1.29 is 9.47 Å². The fourth-order valence-electron chi connectivity index (χ4n) is 2.18. The highest BCUT2D eigenvalue weighted by molar-refractivity contribution is 5.93. The molecule has 4 heteroatoms. The number of fused-ring (bicyclic) bond motifs is 1. The van der Waals surface area contributed by atoms with E-state index in [1.807, 2.05) is 48.5 Å². The van der Waals surface area contributed by atoms with Crippen molar-refractivity contribution in [3.05, 3.63) is 60.3 Å². The summed E-state index contributed by atoms with van der Waals surface area (Å²) in [5.74, 6) is 1.61. The van der Waals surface area contributed by atoms with Crippen LogP contribution in [0, 0.1) is 0 Å². The molecule has 2 N–H and O–H groups in total. The van der Waals surface area contributed by atoms with Crippen LogP contribution < -0.4 is 15.2 Å². The van der Waals surface area contributed by atoms with E-state index in [1.54, 1.807) is 13.3 Å². The normalized spacial score (nSPS) is 10.5. The van der Waals surface area contributed by atoms with Gasteiger partial charge in [0.25, 0.3) is 0 Å². The van der Waals surface area contributed by atoms with Gasteiger partial charge in [0.15, 0.2) is 0 Å². The molecule has 0 amide bonds. The molecule has 0 fully saturated rings. The Kier molecular flexibility index (Phi) is 3.60. The maximum Gasteiger partial charge on any atom is 0.129 e. The van der Waals surface area contributed by atoms with Crippen LogP contribution in [0.1, 0.15) is 5.56 Å². The van der Waals surface area contributed by atoms with Gasteiger partial charge in [0, 0.05) is 11.6 Å². The number of pyridine rings is 1. The first-order valence-corrected chi connectivity index (χ1v) is 6.67. The summed E-state index contributed by atoms with van der Waals surface area (Å²) in [5, 5.41) is 0.922. The molecule has 21 heavy (non-hydrogen) atoms. The van der Waals surface area contributed by atoms with Crippen molar-refractivity contribution >= 4 is 16.6 Å². The number of hydrogen-bond donors (Lipinski definition) is 1. The molecule has 0 unspecified atom stereocenters. The zero-order valence-corrected chi connectivity index (χ0v) is 11.7. The summed E-state index contributed by atoms with van der Waals surface area (Å²) in [6.45, 7) is 0.484. The van der Waals surface area contributed by atoms with Gasteiger partial charge in [-0.3, -0.25) is 4.98 Å². The molecule has 3 aromatic rings. The molecular weight excluding hydrogens is 264 g/mol. The fourth-order valence-corrected chi connectivity index (χ4v) is 2.18. The van der Waals surface area contributed by atoms with Crippen LogP contribution in [0.2, 0.25) is 0 Å². The minimum atomic E-state index is 0.484. The van der Waals surface area contributed by atoms with E-state index in [-0.39, 0.29) is 0 Å². The predicted octanol–water partition coefficient (Wildman–Crippen LogP) is 3.40. The molecule has 0 radical (unpaired) electrons. The Labute approximate surface area is 123 Å². The Hall–Kier alpha value is -2.75. The molecule has 1 aromatic heterocycles. The average molecular weight is 280 g/mol. The minimum absolute atomic E-state index is 0.484. The van der Waals surface area contributed by atoms with Crippen LogP contribution in [0.3, 0.4) is 0 Å². The largest absolute Gasteiger partial charge is 0.497 e. The third-order valence-electron chi connectivity index (χ3n) is 3.31. The number of hydrogen-bond acceptors (Lipinski definition) is 4. The molecule has 0 spiro atoms. The lowest BCUT2D eigenvalue weighted by Gasteiger charge is -2.10. The third kappa shape index (κ3) is 2.74. The van der Waals surface area contributed by atoms with Crippen LogP contribution in [0.15, 0.2) is 54.7 Å². The standard InChI is InChI=1S/C17H16N2O2/c1-20-13-6-4-12(5-7-13)11-21-16-9-8-15(18)17-14(16)3-2-10-19-17/h2-10H,11,18H2,1H3. The van der Waals surface area contributed by atoms with Gasteiger partial charge in [-0.2, -0.15) is 0 Å². The Morgan fingerprint density at radius 1 is 1.05 bits per heavy atom. The molecule has 3 rings (SSSR count). The van der Waals surface area contributed by atoms with E-state index >= 15 is 0 Å². The summed E-state index contributed by atoms with van der Waals surface area (Å²) in [6.07, 6.45) is 1.73. The molecule has 0 atom stereocenters. The zero-order valence-electron chi connectivity index (χ0n) is 11.7. The molecule has 0 saturated heterocycles. The highest BCUT2D eigenvalue weighted by Crippen LogP contribution is 2.29. The molecule has 4 nitrogen and oxygen atoms in total. The number of rotatable bonds is 4. The number of ether oxygens (including phenoxy) is 2. The number of nitrogens with zero attached hydrogens (tertiary/aromatic N) is 1. The van der Waals surface area contributed by atoms with Crippen LogP contribution >= 0.6 is 0 Å². The average Bonchev–Trinajstić information content (AvgIpc) is 2.55. The quantitative estimate of drug-likeness (QED) is 0.744. The predicted molar refractivity (Wildman–Crippen MR) is 83.5 cm³/mol. The number of aromatic nitrogens is 1. The van der Waals surface area contributed by atoms with Gasteiger partial charge in [-0.1, -0.05) is 12.1 Å². The van der Waals surface area contributed by atoms with Gasteiger partial charge in [-0.05, 0) is 42.0 Å². The first kappa shape index (κ1) is 13.2. The lowest BCUT2D eigenvalue weighted by Crippen LogP contribution is -1.98. The Morgan fingerprint density at radius 2 is 1.86 bits per heavy atom. The summed E-state index contributed by atoms with van der Waals surface area (Å²) in [4.78, 5) is 4.30. The van der Waals surface area contributed by atoms with Gasteiger partial charge in [0.2, 0.25) is 0 Å². The van der Waals surface area contributed by atoms with E-state index < -0.39 is 0 Å². The van der Waals surface area contributed by atoms with Gasteiger partial charge < -0.3 is 15.2 Å². The topological polar surface area (TPSA) is 57.4 Å². The second kappa shape index (κ2) is 5.71. The highest BCUT2D eigenvalue weighted by atomic mass is 16.5. The molecule has 0 aliphatic rings. The molecular formula is C17H16N2O2. The van der Waals surface area contributed by atoms with Crippen LogP contribution in [-0.2, 0) is 6.61 Å². The van der Waals surface area contributed by atoms with Gasteiger partial charge in [-0.15, -0.1) is 0 Å².